The van der Waals surface area contributed by atoms with Crippen LogP contribution in [0, 0.1) is 11.3 Å². The van der Waals surface area contributed by atoms with Crippen LogP contribution in [0.2, 0.25) is 5.02 Å². The Morgan fingerprint density at radius 1 is 1.50 bits per heavy atom. The Morgan fingerprint density at radius 3 is 2.80 bits per heavy atom. The zero-order valence-electron chi connectivity index (χ0n) is 11.1. The lowest BCUT2D eigenvalue weighted by Gasteiger charge is -2.35. The molecular formula is C13H16ClN3O2S. The number of piperidine rings is 1. The van der Waals surface area contributed by atoms with E-state index < -0.39 is 10.0 Å². The summed E-state index contributed by atoms with van der Waals surface area (Å²) >= 11 is 5.99. The van der Waals surface area contributed by atoms with Gasteiger partial charge in [0.25, 0.3) is 0 Å². The van der Waals surface area contributed by atoms with Crippen molar-refractivity contribution in [1.82, 2.24) is 4.31 Å². The van der Waals surface area contributed by atoms with E-state index in [0.29, 0.717) is 19.4 Å². The summed E-state index contributed by atoms with van der Waals surface area (Å²) in [5, 5.41) is 9.03. The number of hydrogen-bond acceptors (Lipinski definition) is 4. The van der Waals surface area contributed by atoms with Crippen molar-refractivity contribution < 1.29 is 8.42 Å². The van der Waals surface area contributed by atoms with Crippen molar-refractivity contribution in [2.75, 3.05) is 6.54 Å². The molecule has 2 N–H and O–H groups in total. The highest BCUT2D eigenvalue weighted by Crippen LogP contribution is 2.29. The molecule has 1 aliphatic heterocycles. The number of hydrogen-bond donors (Lipinski definition) is 1. The predicted molar refractivity (Wildman–Crippen MR) is 76.7 cm³/mol. The van der Waals surface area contributed by atoms with Crippen molar-refractivity contribution in [3.63, 3.8) is 0 Å². The van der Waals surface area contributed by atoms with Gasteiger partial charge in [0, 0.05) is 18.6 Å². The van der Waals surface area contributed by atoms with Crippen LogP contribution >= 0.6 is 11.6 Å². The van der Waals surface area contributed by atoms with Crippen molar-refractivity contribution >= 4 is 21.6 Å². The van der Waals surface area contributed by atoms with Gasteiger partial charge in [-0.15, -0.1) is 0 Å². The molecule has 1 heterocycles. The molecule has 0 radical (unpaired) electrons. The van der Waals surface area contributed by atoms with Crippen LogP contribution in [0.3, 0.4) is 0 Å². The van der Waals surface area contributed by atoms with E-state index in [1.807, 2.05) is 13.0 Å². The Morgan fingerprint density at radius 2 is 2.20 bits per heavy atom. The Kier molecular flexibility index (Phi) is 4.35. The van der Waals surface area contributed by atoms with Gasteiger partial charge in [0.1, 0.15) is 4.90 Å². The lowest BCUT2D eigenvalue weighted by molar-refractivity contribution is 0.247. The number of benzene rings is 1. The van der Waals surface area contributed by atoms with E-state index in [4.69, 9.17) is 22.6 Å². The minimum absolute atomic E-state index is 0.0134. The molecule has 0 spiro atoms. The van der Waals surface area contributed by atoms with Crippen LogP contribution in [0.25, 0.3) is 0 Å². The molecule has 5 nitrogen and oxygen atoms in total. The third-order valence-corrected chi connectivity index (χ3v) is 6.00. The molecule has 0 amide bonds. The molecule has 1 aromatic carbocycles. The largest absolute Gasteiger partial charge is 0.328 e. The summed E-state index contributed by atoms with van der Waals surface area (Å²) in [6.45, 7) is 2.20. The van der Waals surface area contributed by atoms with Gasteiger partial charge >= 0.3 is 0 Å². The quantitative estimate of drug-likeness (QED) is 0.900. The zero-order chi connectivity index (χ0) is 14.9. The van der Waals surface area contributed by atoms with Crippen LogP contribution in [-0.2, 0) is 10.0 Å². The van der Waals surface area contributed by atoms with E-state index in [1.54, 1.807) is 0 Å². The SMILES string of the molecule is CC1CC(N)CCN1S(=O)(=O)c1cc(C#N)ccc1Cl. The van der Waals surface area contributed by atoms with E-state index in [2.05, 4.69) is 0 Å². The van der Waals surface area contributed by atoms with Crippen molar-refractivity contribution in [2.24, 2.45) is 5.73 Å². The Bertz CT molecular complexity index is 654. The van der Waals surface area contributed by atoms with Gasteiger partial charge in [-0.2, -0.15) is 9.57 Å². The predicted octanol–water partition coefficient (Wildman–Crippen LogP) is 1.71. The summed E-state index contributed by atoms with van der Waals surface area (Å²) in [7, 11) is -3.70. The van der Waals surface area contributed by atoms with Crippen LogP contribution < -0.4 is 5.73 Å². The highest BCUT2D eigenvalue weighted by Gasteiger charge is 2.34. The van der Waals surface area contributed by atoms with Gasteiger partial charge in [0.15, 0.2) is 0 Å². The molecule has 0 aliphatic carbocycles. The van der Waals surface area contributed by atoms with Crippen LogP contribution in [-0.4, -0.2) is 31.4 Å². The fourth-order valence-corrected chi connectivity index (χ4v) is 4.60. The second kappa shape index (κ2) is 5.70. The van der Waals surface area contributed by atoms with Crippen molar-refractivity contribution in [2.45, 2.75) is 36.7 Å². The summed E-state index contributed by atoms with van der Waals surface area (Å²) in [5.41, 5.74) is 6.13. The lowest BCUT2D eigenvalue weighted by Crippen LogP contribution is -2.48. The van der Waals surface area contributed by atoms with Gasteiger partial charge in [-0.3, -0.25) is 0 Å². The first kappa shape index (κ1) is 15.3. The fourth-order valence-electron chi connectivity index (χ4n) is 2.44. The molecule has 1 saturated heterocycles. The molecule has 2 atom stereocenters. The van der Waals surface area contributed by atoms with Crippen LogP contribution in [0.15, 0.2) is 23.1 Å². The molecule has 2 rings (SSSR count). The van der Waals surface area contributed by atoms with Crippen LogP contribution in [0.5, 0.6) is 0 Å². The van der Waals surface area contributed by atoms with Crippen molar-refractivity contribution in [3.8, 4) is 6.07 Å². The highest BCUT2D eigenvalue weighted by molar-refractivity contribution is 7.89. The van der Waals surface area contributed by atoms with E-state index in [9.17, 15) is 8.42 Å². The summed E-state index contributed by atoms with van der Waals surface area (Å²) in [6, 6.07) is 6.03. The Labute approximate surface area is 124 Å². The summed E-state index contributed by atoms with van der Waals surface area (Å²) in [4.78, 5) is -0.0134. The summed E-state index contributed by atoms with van der Waals surface area (Å²) in [5.74, 6) is 0. The maximum atomic E-state index is 12.7. The van der Waals surface area contributed by atoms with Gasteiger partial charge in [0.05, 0.1) is 16.7 Å². The fraction of sp³-hybridized carbons (Fsp3) is 0.462. The lowest BCUT2D eigenvalue weighted by atomic mass is 10.0. The first-order chi connectivity index (χ1) is 9.36. The maximum Gasteiger partial charge on any atom is 0.244 e. The van der Waals surface area contributed by atoms with E-state index >= 15 is 0 Å². The maximum absolute atomic E-state index is 12.7. The zero-order valence-corrected chi connectivity index (χ0v) is 12.7. The first-order valence-electron chi connectivity index (χ1n) is 6.33. The van der Waals surface area contributed by atoms with Gasteiger partial charge in [-0.25, -0.2) is 8.42 Å². The second-order valence-electron chi connectivity index (χ2n) is 5.01. The van der Waals surface area contributed by atoms with Gasteiger partial charge < -0.3 is 5.73 Å². The summed E-state index contributed by atoms with van der Waals surface area (Å²) in [6.07, 6.45) is 1.24. The van der Waals surface area contributed by atoms with E-state index in [1.165, 1.54) is 22.5 Å². The number of nitriles is 1. The molecule has 7 heteroatoms. The molecule has 2 unspecified atom stereocenters. The topological polar surface area (TPSA) is 87.2 Å². The highest BCUT2D eigenvalue weighted by atomic mass is 35.5. The number of halogens is 1. The number of nitrogens with zero attached hydrogens (tertiary/aromatic N) is 2. The normalized spacial score (nSPS) is 24.3. The molecule has 0 saturated carbocycles. The third kappa shape index (κ3) is 2.81. The summed E-state index contributed by atoms with van der Waals surface area (Å²) < 4.78 is 26.8. The second-order valence-corrected chi connectivity index (χ2v) is 7.27. The van der Waals surface area contributed by atoms with E-state index in [0.717, 1.165) is 0 Å². The monoisotopic (exact) mass is 313 g/mol. The Balaban J connectivity index is 2.43. The third-order valence-electron chi connectivity index (χ3n) is 3.50. The van der Waals surface area contributed by atoms with Gasteiger partial charge in [-0.1, -0.05) is 11.6 Å². The average Bonchev–Trinajstić information content (AvgIpc) is 2.38. The van der Waals surface area contributed by atoms with Crippen molar-refractivity contribution in [1.29, 1.82) is 5.26 Å². The number of sulfonamides is 1. The minimum Gasteiger partial charge on any atom is -0.328 e. The van der Waals surface area contributed by atoms with Gasteiger partial charge in [0.2, 0.25) is 10.0 Å². The minimum atomic E-state index is -3.70. The van der Waals surface area contributed by atoms with Crippen LogP contribution in [0.1, 0.15) is 25.3 Å². The first-order valence-corrected chi connectivity index (χ1v) is 8.15. The molecule has 1 aromatic rings. The Hall–Kier alpha value is -1.13. The molecule has 0 aromatic heterocycles. The standard InChI is InChI=1S/C13H16ClN3O2S/c1-9-6-11(16)4-5-17(9)20(18,19)13-7-10(8-15)2-3-12(13)14/h2-3,7,9,11H,4-6,16H2,1H3. The average molecular weight is 314 g/mol. The van der Waals surface area contributed by atoms with Crippen molar-refractivity contribution in [3.05, 3.63) is 28.8 Å². The molecule has 0 bridgehead atoms. The van der Waals surface area contributed by atoms with E-state index in [-0.39, 0.29) is 27.6 Å². The molecule has 1 aliphatic rings. The molecule has 108 valence electrons. The molecule has 20 heavy (non-hydrogen) atoms. The smallest absolute Gasteiger partial charge is 0.244 e. The molecular weight excluding hydrogens is 298 g/mol. The van der Waals surface area contributed by atoms with Gasteiger partial charge in [-0.05, 0) is 38.0 Å². The molecule has 1 fully saturated rings. The number of rotatable bonds is 2. The van der Waals surface area contributed by atoms with Crippen LogP contribution in [0.4, 0.5) is 0 Å². The number of nitrogens with two attached hydrogens (primary N) is 1.